The van der Waals surface area contributed by atoms with E-state index < -0.39 is 12.1 Å². The van der Waals surface area contributed by atoms with Crippen molar-refractivity contribution in [1.82, 2.24) is 10.3 Å². The van der Waals surface area contributed by atoms with E-state index in [1.165, 1.54) is 0 Å². The van der Waals surface area contributed by atoms with E-state index in [-0.39, 0.29) is 13.0 Å². The Kier molecular flexibility index (Phi) is 9.08. The van der Waals surface area contributed by atoms with Gasteiger partial charge >= 0.3 is 12.1 Å². The second-order valence-corrected chi connectivity index (χ2v) is 7.80. The molecular weight excluding hydrogens is 436 g/mol. The van der Waals surface area contributed by atoms with Gasteiger partial charge < -0.3 is 24.3 Å². The van der Waals surface area contributed by atoms with Gasteiger partial charge in [-0.15, -0.1) is 0 Å². The molecule has 1 heterocycles. The highest BCUT2D eigenvalue weighted by molar-refractivity contribution is 5.68. The molecule has 0 fully saturated rings. The summed E-state index contributed by atoms with van der Waals surface area (Å²) >= 11 is 0. The van der Waals surface area contributed by atoms with Crippen molar-refractivity contribution < 1.29 is 28.6 Å². The molecule has 3 aromatic rings. The van der Waals surface area contributed by atoms with E-state index in [2.05, 4.69) is 10.3 Å². The number of aromatic nitrogens is 1. The van der Waals surface area contributed by atoms with Crippen LogP contribution in [0.5, 0.6) is 5.75 Å². The number of hydrogen-bond donors (Lipinski definition) is 2. The van der Waals surface area contributed by atoms with E-state index in [4.69, 9.17) is 19.0 Å². The first kappa shape index (κ1) is 24.8. The second kappa shape index (κ2) is 12.4. The Morgan fingerprint density at radius 1 is 1.06 bits per heavy atom. The van der Waals surface area contributed by atoms with Gasteiger partial charge in [0.25, 0.3) is 0 Å². The summed E-state index contributed by atoms with van der Waals surface area (Å²) in [6.45, 7) is 4.75. The average Bonchev–Trinajstić information content (AvgIpc) is 3.21. The molecule has 0 unspecified atom stereocenters. The van der Waals surface area contributed by atoms with Crippen LogP contribution >= 0.6 is 0 Å². The maximum absolute atomic E-state index is 11.8. The fraction of sp³-hybridized carbons (Fsp3) is 0.346. The molecule has 2 aromatic carbocycles. The number of oxazole rings is 1. The van der Waals surface area contributed by atoms with Crippen LogP contribution in [0.4, 0.5) is 4.79 Å². The molecule has 0 bridgehead atoms. The molecule has 0 aliphatic carbocycles. The molecule has 0 aliphatic rings. The van der Waals surface area contributed by atoms with Crippen LogP contribution in [0.25, 0.3) is 11.5 Å². The van der Waals surface area contributed by atoms with Gasteiger partial charge in [0.15, 0.2) is 0 Å². The number of amides is 1. The van der Waals surface area contributed by atoms with Gasteiger partial charge in [0.1, 0.15) is 11.5 Å². The van der Waals surface area contributed by atoms with E-state index >= 15 is 0 Å². The van der Waals surface area contributed by atoms with Gasteiger partial charge in [0, 0.05) is 24.9 Å². The summed E-state index contributed by atoms with van der Waals surface area (Å²) in [5.74, 6) is 1.09. The first-order valence-corrected chi connectivity index (χ1v) is 11.3. The maximum atomic E-state index is 11.8. The molecule has 8 heteroatoms. The van der Waals surface area contributed by atoms with E-state index in [0.29, 0.717) is 37.7 Å². The molecule has 0 spiro atoms. The van der Waals surface area contributed by atoms with E-state index in [9.17, 15) is 9.59 Å². The third-order valence-electron chi connectivity index (χ3n) is 5.17. The second-order valence-electron chi connectivity index (χ2n) is 7.80. The van der Waals surface area contributed by atoms with Gasteiger partial charge in [-0.25, -0.2) is 9.78 Å². The zero-order valence-electron chi connectivity index (χ0n) is 19.5. The molecule has 0 aliphatic heterocycles. The number of rotatable bonds is 12. The van der Waals surface area contributed by atoms with Crippen LogP contribution in [0.2, 0.25) is 0 Å². The molecule has 0 radical (unpaired) electrons. The van der Waals surface area contributed by atoms with Crippen molar-refractivity contribution in [3.8, 4) is 17.2 Å². The van der Waals surface area contributed by atoms with Crippen LogP contribution < -0.4 is 10.1 Å². The fourth-order valence-electron chi connectivity index (χ4n) is 3.39. The predicted octanol–water partition coefficient (Wildman–Crippen LogP) is 4.92. The Balaban J connectivity index is 1.63. The lowest BCUT2D eigenvalue weighted by Gasteiger charge is -2.13. The third-order valence-corrected chi connectivity index (χ3v) is 5.17. The monoisotopic (exact) mass is 466 g/mol. The highest BCUT2D eigenvalue weighted by atomic mass is 16.5. The van der Waals surface area contributed by atoms with E-state index in [1.54, 1.807) is 6.07 Å². The summed E-state index contributed by atoms with van der Waals surface area (Å²) in [5, 5.41) is 11.7. The topological polar surface area (TPSA) is 111 Å². The van der Waals surface area contributed by atoms with Crippen LogP contribution in [0, 0.1) is 6.92 Å². The number of carboxylic acid groups (broad SMARTS) is 1. The number of ether oxygens (including phenoxy) is 2. The zero-order chi connectivity index (χ0) is 24.3. The van der Waals surface area contributed by atoms with Gasteiger partial charge in [-0.3, -0.25) is 4.79 Å². The molecule has 0 atom stereocenters. The summed E-state index contributed by atoms with van der Waals surface area (Å²) < 4.78 is 16.8. The molecule has 0 saturated carbocycles. The Labute approximate surface area is 198 Å². The normalized spacial score (nSPS) is 10.6. The summed E-state index contributed by atoms with van der Waals surface area (Å²) in [4.78, 5) is 27.4. The Hall–Kier alpha value is -3.81. The van der Waals surface area contributed by atoms with Gasteiger partial charge in [-0.1, -0.05) is 31.2 Å². The summed E-state index contributed by atoms with van der Waals surface area (Å²) in [7, 11) is 0. The number of nitrogens with one attached hydrogen (secondary N) is 1. The first-order valence-electron chi connectivity index (χ1n) is 11.3. The molecule has 180 valence electrons. The number of nitrogens with zero attached hydrogens (tertiary/aromatic N) is 1. The highest BCUT2D eigenvalue weighted by Crippen LogP contribution is 2.23. The number of hydrogen-bond acceptors (Lipinski definition) is 6. The number of carbonyl (C=O) groups excluding carboxylic acids is 1. The maximum Gasteiger partial charge on any atom is 0.407 e. The molecule has 3 rings (SSSR count). The largest absolute Gasteiger partial charge is 0.493 e. The predicted molar refractivity (Wildman–Crippen MR) is 127 cm³/mol. The smallest absolute Gasteiger partial charge is 0.407 e. The van der Waals surface area contributed by atoms with E-state index in [1.807, 2.05) is 56.3 Å². The van der Waals surface area contributed by atoms with Crippen LogP contribution in [-0.4, -0.2) is 35.4 Å². The molecule has 1 amide bonds. The average molecular weight is 467 g/mol. The lowest BCUT2D eigenvalue weighted by Crippen LogP contribution is -2.24. The number of benzene rings is 2. The number of aliphatic carboxylic acids is 1. The summed E-state index contributed by atoms with van der Waals surface area (Å²) in [5.41, 5.74) is 3.38. The van der Waals surface area contributed by atoms with Crippen LogP contribution in [0.1, 0.15) is 42.3 Å². The zero-order valence-corrected chi connectivity index (χ0v) is 19.5. The highest BCUT2D eigenvalue weighted by Gasteiger charge is 2.13. The Bertz CT molecular complexity index is 1090. The van der Waals surface area contributed by atoms with Crippen molar-refractivity contribution >= 4 is 12.1 Å². The Morgan fingerprint density at radius 2 is 1.85 bits per heavy atom. The number of carboxylic acids is 1. The van der Waals surface area contributed by atoms with Crippen molar-refractivity contribution in [3.05, 3.63) is 71.1 Å². The quantitative estimate of drug-likeness (QED) is 0.389. The number of aryl methyl sites for hydroxylation is 2. The van der Waals surface area contributed by atoms with Crippen molar-refractivity contribution in [2.24, 2.45) is 0 Å². The van der Waals surface area contributed by atoms with Crippen LogP contribution in [0.3, 0.4) is 0 Å². The number of alkyl carbamates (subject to hydrolysis) is 1. The van der Waals surface area contributed by atoms with Crippen molar-refractivity contribution in [3.63, 3.8) is 0 Å². The molecule has 0 saturated heterocycles. The SMILES string of the molecule is CCCOC(=O)NCc1cc(OCCc2nc(-c3ccccc3)oc2C)ccc1CCC(=O)O. The minimum absolute atomic E-state index is 0.00265. The first-order chi connectivity index (χ1) is 16.5. The minimum Gasteiger partial charge on any atom is -0.493 e. The molecule has 34 heavy (non-hydrogen) atoms. The fourth-order valence-corrected chi connectivity index (χ4v) is 3.39. The van der Waals surface area contributed by atoms with E-state index in [0.717, 1.165) is 34.6 Å². The van der Waals surface area contributed by atoms with Gasteiger partial charge in [0.2, 0.25) is 5.89 Å². The molecule has 1 aromatic heterocycles. The van der Waals surface area contributed by atoms with Crippen molar-refractivity contribution in [2.45, 2.75) is 46.1 Å². The molecule has 2 N–H and O–H groups in total. The standard InChI is InChI=1S/C26H30N2O6/c1-3-14-33-26(31)27-17-21-16-22(11-9-19(21)10-12-24(29)30)32-15-13-23-18(2)34-25(28-23)20-7-5-4-6-8-20/h4-9,11,16H,3,10,12-15,17H2,1-2H3,(H,27,31)(H,29,30). The van der Waals surface area contributed by atoms with Gasteiger partial charge in [-0.05, 0) is 55.2 Å². The number of carbonyl (C=O) groups is 2. The van der Waals surface area contributed by atoms with Crippen molar-refractivity contribution in [1.29, 1.82) is 0 Å². The van der Waals surface area contributed by atoms with Crippen LogP contribution in [0.15, 0.2) is 52.9 Å². The lowest BCUT2D eigenvalue weighted by molar-refractivity contribution is -0.136. The van der Waals surface area contributed by atoms with Gasteiger partial charge in [0.05, 0.1) is 18.9 Å². The summed E-state index contributed by atoms with van der Waals surface area (Å²) in [6, 6.07) is 15.2. The molecule has 8 nitrogen and oxygen atoms in total. The van der Waals surface area contributed by atoms with Gasteiger partial charge in [-0.2, -0.15) is 0 Å². The van der Waals surface area contributed by atoms with Crippen molar-refractivity contribution in [2.75, 3.05) is 13.2 Å². The third kappa shape index (κ3) is 7.37. The summed E-state index contributed by atoms with van der Waals surface area (Å²) in [6.07, 6.45) is 1.16. The Morgan fingerprint density at radius 3 is 2.59 bits per heavy atom. The molecular formula is C26H30N2O6. The lowest BCUT2D eigenvalue weighted by atomic mass is 10.0. The minimum atomic E-state index is -0.876. The van der Waals surface area contributed by atoms with Crippen LogP contribution in [-0.2, 0) is 28.9 Å².